The molecule has 2 heterocycles. The molecule has 0 saturated carbocycles. The summed E-state index contributed by atoms with van der Waals surface area (Å²) >= 11 is 0. The number of hydrogen-bond donors (Lipinski definition) is 0. The van der Waals surface area contributed by atoms with Crippen LogP contribution in [0, 0.1) is 11.3 Å². The second-order valence-electron chi connectivity index (χ2n) is 7.26. The number of methoxy groups -OCH3 is 2. The van der Waals surface area contributed by atoms with E-state index in [2.05, 4.69) is 28.2 Å². The number of allylic oxidation sites excluding steroid dienone is 1. The number of ether oxygens (including phenoxy) is 3. The van der Waals surface area contributed by atoms with Gasteiger partial charge in [-0.05, 0) is 47.0 Å². The standard InChI is InChI=1S/C25H21N3O4/c1-30-23-8-7-21(19(15-26)11-16-9-10-27-22(12-16)25(29)31-2)28-24(23)32-20-13-17-5-3-4-6-18(17)14-20/h3-12,20H,13-14H2,1-2H3/b19-11+. The largest absolute Gasteiger partial charge is 0.491 e. The molecule has 0 saturated heterocycles. The summed E-state index contributed by atoms with van der Waals surface area (Å²) in [6.07, 6.45) is 4.65. The van der Waals surface area contributed by atoms with Crippen LogP contribution in [0.15, 0.2) is 54.7 Å². The van der Waals surface area contributed by atoms with Crippen LogP contribution in [0.2, 0.25) is 0 Å². The summed E-state index contributed by atoms with van der Waals surface area (Å²) in [6.45, 7) is 0. The van der Waals surface area contributed by atoms with E-state index in [0.29, 0.717) is 28.5 Å². The van der Waals surface area contributed by atoms with E-state index >= 15 is 0 Å². The van der Waals surface area contributed by atoms with Gasteiger partial charge in [0.05, 0.1) is 25.5 Å². The maximum absolute atomic E-state index is 11.7. The highest BCUT2D eigenvalue weighted by molar-refractivity contribution is 5.91. The molecule has 0 N–H and O–H groups in total. The average Bonchev–Trinajstić information content (AvgIpc) is 3.24. The average molecular weight is 427 g/mol. The number of pyridine rings is 2. The van der Waals surface area contributed by atoms with Crippen LogP contribution in [0.5, 0.6) is 11.6 Å². The number of hydrogen-bond acceptors (Lipinski definition) is 7. The summed E-state index contributed by atoms with van der Waals surface area (Å²) in [4.78, 5) is 20.3. The van der Waals surface area contributed by atoms with Gasteiger partial charge in [0.25, 0.3) is 5.88 Å². The van der Waals surface area contributed by atoms with Crippen molar-refractivity contribution in [2.75, 3.05) is 14.2 Å². The van der Waals surface area contributed by atoms with E-state index < -0.39 is 5.97 Å². The van der Waals surface area contributed by atoms with Gasteiger partial charge < -0.3 is 14.2 Å². The van der Waals surface area contributed by atoms with E-state index in [0.717, 1.165) is 12.8 Å². The number of nitrogens with zero attached hydrogens (tertiary/aromatic N) is 3. The molecular formula is C25H21N3O4. The topological polar surface area (TPSA) is 94.3 Å². The highest BCUT2D eigenvalue weighted by Crippen LogP contribution is 2.32. The molecule has 0 amide bonds. The predicted molar refractivity (Wildman–Crippen MR) is 118 cm³/mol. The van der Waals surface area contributed by atoms with E-state index in [9.17, 15) is 10.1 Å². The maximum atomic E-state index is 11.7. The number of aromatic nitrogens is 2. The van der Waals surface area contributed by atoms with E-state index in [1.807, 2.05) is 12.1 Å². The Morgan fingerprint density at radius 3 is 2.50 bits per heavy atom. The zero-order valence-corrected chi connectivity index (χ0v) is 17.7. The number of nitriles is 1. The van der Waals surface area contributed by atoms with Crippen molar-refractivity contribution < 1.29 is 19.0 Å². The molecule has 1 aliphatic carbocycles. The van der Waals surface area contributed by atoms with Crippen molar-refractivity contribution in [1.82, 2.24) is 9.97 Å². The Morgan fingerprint density at radius 1 is 1.09 bits per heavy atom. The predicted octanol–water partition coefficient (Wildman–Crippen LogP) is 3.88. The summed E-state index contributed by atoms with van der Waals surface area (Å²) in [6, 6.07) is 17.1. The first-order chi connectivity index (χ1) is 15.6. The van der Waals surface area contributed by atoms with Crippen LogP contribution in [0.25, 0.3) is 11.6 Å². The van der Waals surface area contributed by atoms with Gasteiger partial charge in [-0.25, -0.2) is 14.8 Å². The van der Waals surface area contributed by atoms with Crippen molar-refractivity contribution in [3.8, 4) is 17.7 Å². The van der Waals surface area contributed by atoms with Crippen molar-refractivity contribution in [2.24, 2.45) is 0 Å². The van der Waals surface area contributed by atoms with Crippen molar-refractivity contribution in [3.05, 3.63) is 82.8 Å². The third-order valence-corrected chi connectivity index (χ3v) is 5.22. The molecule has 0 atom stereocenters. The van der Waals surface area contributed by atoms with Gasteiger partial charge in [0.2, 0.25) is 0 Å². The van der Waals surface area contributed by atoms with Crippen LogP contribution >= 0.6 is 0 Å². The number of rotatable bonds is 6. The van der Waals surface area contributed by atoms with Gasteiger partial charge in [0.15, 0.2) is 5.75 Å². The summed E-state index contributed by atoms with van der Waals surface area (Å²) in [5.41, 5.74) is 4.08. The van der Waals surface area contributed by atoms with Crippen LogP contribution in [0.3, 0.4) is 0 Å². The van der Waals surface area contributed by atoms with Crippen LogP contribution in [0.1, 0.15) is 32.9 Å². The van der Waals surface area contributed by atoms with E-state index in [1.54, 1.807) is 37.5 Å². The number of esters is 1. The fourth-order valence-electron chi connectivity index (χ4n) is 3.66. The summed E-state index contributed by atoms with van der Waals surface area (Å²) in [5.74, 6) is 0.294. The Bertz CT molecular complexity index is 1200. The highest BCUT2D eigenvalue weighted by Gasteiger charge is 2.24. The van der Waals surface area contributed by atoms with E-state index in [4.69, 9.17) is 14.2 Å². The summed E-state index contributed by atoms with van der Waals surface area (Å²) in [5, 5.41) is 9.75. The smallest absolute Gasteiger partial charge is 0.356 e. The molecular weight excluding hydrogens is 406 g/mol. The number of benzene rings is 1. The molecule has 3 aromatic rings. The van der Waals surface area contributed by atoms with Crippen LogP contribution in [-0.4, -0.2) is 36.3 Å². The van der Waals surface area contributed by atoms with Gasteiger partial charge in [0.1, 0.15) is 17.9 Å². The Hall–Kier alpha value is -4.18. The van der Waals surface area contributed by atoms with Gasteiger partial charge in [-0.2, -0.15) is 5.26 Å². The Morgan fingerprint density at radius 2 is 1.84 bits per heavy atom. The fraction of sp³-hybridized carbons (Fsp3) is 0.200. The van der Waals surface area contributed by atoms with Crippen LogP contribution in [-0.2, 0) is 17.6 Å². The first kappa shape index (κ1) is 21.1. The van der Waals surface area contributed by atoms with Crippen LogP contribution < -0.4 is 9.47 Å². The number of carbonyl (C=O) groups is 1. The summed E-state index contributed by atoms with van der Waals surface area (Å²) in [7, 11) is 2.85. The molecule has 4 rings (SSSR count). The first-order valence-corrected chi connectivity index (χ1v) is 10.1. The maximum Gasteiger partial charge on any atom is 0.356 e. The molecule has 32 heavy (non-hydrogen) atoms. The minimum Gasteiger partial charge on any atom is -0.491 e. The third kappa shape index (κ3) is 4.44. The lowest BCUT2D eigenvalue weighted by molar-refractivity contribution is 0.0594. The Kier molecular flexibility index (Phi) is 6.13. The van der Waals surface area contributed by atoms with Gasteiger partial charge in [-0.15, -0.1) is 0 Å². The zero-order valence-electron chi connectivity index (χ0n) is 17.7. The molecule has 0 radical (unpaired) electrons. The molecule has 0 unspecified atom stereocenters. The summed E-state index contributed by atoms with van der Waals surface area (Å²) < 4.78 is 16.3. The minimum absolute atomic E-state index is 0.0543. The zero-order chi connectivity index (χ0) is 22.5. The van der Waals surface area contributed by atoms with Gasteiger partial charge >= 0.3 is 5.97 Å². The molecule has 2 aromatic heterocycles. The molecule has 0 bridgehead atoms. The molecule has 0 spiro atoms. The quantitative estimate of drug-likeness (QED) is 0.435. The molecule has 1 aliphatic rings. The van der Waals surface area contributed by atoms with Crippen molar-refractivity contribution in [1.29, 1.82) is 5.26 Å². The Labute approximate surface area is 185 Å². The second-order valence-corrected chi connectivity index (χ2v) is 7.26. The first-order valence-electron chi connectivity index (χ1n) is 10.1. The molecule has 1 aromatic carbocycles. The Balaban J connectivity index is 1.62. The lowest BCUT2D eigenvalue weighted by atomic mass is 10.1. The normalized spacial score (nSPS) is 13.2. The molecule has 0 fully saturated rings. The number of carbonyl (C=O) groups excluding carboxylic acids is 1. The highest BCUT2D eigenvalue weighted by atomic mass is 16.5. The van der Waals surface area contributed by atoms with Crippen molar-refractivity contribution in [3.63, 3.8) is 0 Å². The molecule has 7 heteroatoms. The van der Waals surface area contributed by atoms with E-state index in [1.165, 1.54) is 24.4 Å². The monoisotopic (exact) mass is 427 g/mol. The molecule has 0 aliphatic heterocycles. The van der Waals surface area contributed by atoms with E-state index in [-0.39, 0.29) is 11.8 Å². The van der Waals surface area contributed by atoms with Gasteiger partial charge in [-0.1, -0.05) is 24.3 Å². The van der Waals surface area contributed by atoms with Crippen molar-refractivity contribution >= 4 is 17.6 Å². The molecule has 160 valence electrons. The van der Waals surface area contributed by atoms with Gasteiger partial charge in [0, 0.05) is 19.0 Å². The van der Waals surface area contributed by atoms with Crippen molar-refractivity contribution in [2.45, 2.75) is 18.9 Å². The lowest BCUT2D eigenvalue weighted by Gasteiger charge is -2.15. The number of fused-ring (bicyclic) bond motifs is 1. The SMILES string of the molecule is COC(=O)c1cc(/C=C(\C#N)c2ccc(OC)c(OC3Cc4ccccc4C3)n2)ccn1. The van der Waals surface area contributed by atoms with Gasteiger partial charge in [-0.3, -0.25) is 0 Å². The van der Waals surface area contributed by atoms with Crippen LogP contribution in [0.4, 0.5) is 0 Å². The minimum atomic E-state index is -0.547. The molecule has 7 nitrogen and oxygen atoms in total. The fourth-order valence-corrected chi connectivity index (χ4v) is 3.66. The third-order valence-electron chi connectivity index (χ3n) is 5.22. The lowest BCUT2D eigenvalue weighted by Crippen LogP contribution is -2.17. The second kappa shape index (κ2) is 9.31.